The molecule has 2 N–H and O–H groups in total. The Hall–Kier alpha value is -2.62. The zero-order valence-electron chi connectivity index (χ0n) is 11.1. The fourth-order valence-electron chi connectivity index (χ4n) is 2.30. The molecule has 0 aromatic heterocycles. The summed E-state index contributed by atoms with van der Waals surface area (Å²) in [6.45, 7) is 1.95. The standard InChI is InChI=1S/C16H14N2O2/c1-10-3-2-4-11(7-10)16(20)17-13-5-6-14-12(8-13)9-15(19)18-14/h2-8H,9H2,1H3,(H,17,20)(H,18,19). The number of nitrogens with one attached hydrogen (secondary N) is 2. The van der Waals surface area contributed by atoms with E-state index in [0.29, 0.717) is 17.7 Å². The summed E-state index contributed by atoms with van der Waals surface area (Å²) in [5, 5.41) is 5.62. The highest BCUT2D eigenvalue weighted by atomic mass is 16.2. The van der Waals surface area contributed by atoms with E-state index in [2.05, 4.69) is 10.6 Å². The quantitative estimate of drug-likeness (QED) is 0.878. The van der Waals surface area contributed by atoms with Crippen LogP contribution in [-0.4, -0.2) is 11.8 Å². The van der Waals surface area contributed by atoms with Crippen LogP contribution in [0.4, 0.5) is 11.4 Å². The van der Waals surface area contributed by atoms with E-state index < -0.39 is 0 Å². The molecule has 4 nitrogen and oxygen atoms in total. The first-order chi connectivity index (χ1) is 9.61. The molecule has 0 saturated heterocycles. The van der Waals surface area contributed by atoms with E-state index >= 15 is 0 Å². The van der Waals surface area contributed by atoms with Crippen molar-refractivity contribution < 1.29 is 9.59 Å². The number of amides is 2. The van der Waals surface area contributed by atoms with Gasteiger partial charge < -0.3 is 10.6 Å². The SMILES string of the molecule is Cc1cccc(C(=O)Nc2ccc3c(c2)CC(=O)N3)c1. The maximum atomic E-state index is 12.1. The Bertz CT molecular complexity index is 707. The van der Waals surface area contributed by atoms with Gasteiger partial charge in [-0.25, -0.2) is 0 Å². The van der Waals surface area contributed by atoms with E-state index in [1.54, 1.807) is 12.1 Å². The second kappa shape index (κ2) is 4.81. The van der Waals surface area contributed by atoms with Crippen LogP contribution in [0.25, 0.3) is 0 Å². The normalized spacial score (nSPS) is 12.8. The molecule has 0 spiro atoms. The van der Waals surface area contributed by atoms with Gasteiger partial charge in [0.2, 0.25) is 5.91 Å². The fourth-order valence-corrected chi connectivity index (χ4v) is 2.30. The van der Waals surface area contributed by atoms with Gasteiger partial charge >= 0.3 is 0 Å². The molecule has 0 atom stereocenters. The molecule has 0 bridgehead atoms. The Morgan fingerprint density at radius 3 is 2.85 bits per heavy atom. The number of benzene rings is 2. The van der Waals surface area contributed by atoms with E-state index in [1.165, 1.54) is 0 Å². The monoisotopic (exact) mass is 266 g/mol. The lowest BCUT2D eigenvalue weighted by atomic mass is 10.1. The summed E-state index contributed by atoms with van der Waals surface area (Å²) in [5.41, 5.74) is 4.11. The number of hydrogen-bond donors (Lipinski definition) is 2. The van der Waals surface area contributed by atoms with Gasteiger partial charge in [-0.3, -0.25) is 9.59 Å². The first kappa shape index (κ1) is 12.4. The Labute approximate surface area is 116 Å². The summed E-state index contributed by atoms with van der Waals surface area (Å²) in [6, 6.07) is 12.9. The Morgan fingerprint density at radius 1 is 1.20 bits per heavy atom. The van der Waals surface area contributed by atoms with Gasteiger partial charge in [-0.1, -0.05) is 17.7 Å². The maximum Gasteiger partial charge on any atom is 0.255 e. The minimum Gasteiger partial charge on any atom is -0.326 e. The van der Waals surface area contributed by atoms with Crippen LogP contribution in [0.2, 0.25) is 0 Å². The third kappa shape index (κ3) is 2.40. The van der Waals surface area contributed by atoms with Crippen LogP contribution in [-0.2, 0) is 11.2 Å². The molecule has 1 aliphatic rings. The third-order valence-corrected chi connectivity index (χ3v) is 3.27. The number of carbonyl (C=O) groups excluding carboxylic acids is 2. The second-order valence-corrected chi connectivity index (χ2v) is 4.92. The van der Waals surface area contributed by atoms with Crippen molar-refractivity contribution in [1.82, 2.24) is 0 Å². The average molecular weight is 266 g/mol. The largest absolute Gasteiger partial charge is 0.326 e. The fraction of sp³-hybridized carbons (Fsp3) is 0.125. The summed E-state index contributed by atoms with van der Waals surface area (Å²) in [6.07, 6.45) is 0.365. The molecule has 2 amide bonds. The lowest BCUT2D eigenvalue weighted by Gasteiger charge is -2.07. The summed E-state index contributed by atoms with van der Waals surface area (Å²) in [4.78, 5) is 23.4. The maximum absolute atomic E-state index is 12.1. The highest BCUT2D eigenvalue weighted by Crippen LogP contribution is 2.26. The first-order valence-electron chi connectivity index (χ1n) is 6.42. The molecule has 0 saturated carbocycles. The molecule has 0 radical (unpaired) electrons. The van der Waals surface area contributed by atoms with E-state index in [1.807, 2.05) is 37.3 Å². The molecule has 20 heavy (non-hydrogen) atoms. The second-order valence-electron chi connectivity index (χ2n) is 4.92. The topological polar surface area (TPSA) is 58.2 Å². The van der Waals surface area contributed by atoms with Crippen LogP contribution in [0.15, 0.2) is 42.5 Å². The zero-order valence-corrected chi connectivity index (χ0v) is 11.1. The number of hydrogen-bond acceptors (Lipinski definition) is 2. The molecule has 0 fully saturated rings. The van der Waals surface area contributed by atoms with E-state index in [9.17, 15) is 9.59 Å². The molecule has 4 heteroatoms. The van der Waals surface area contributed by atoms with Crippen molar-refractivity contribution in [2.75, 3.05) is 10.6 Å². The van der Waals surface area contributed by atoms with Crippen LogP contribution in [0.3, 0.4) is 0 Å². The Kier molecular flexibility index (Phi) is 2.99. The van der Waals surface area contributed by atoms with Crippen LogP contribution in [0.1, 0.15) is 21.5 Å². The Balaban J connectivity index is 1.80. The molecular formula is C16H14N2O2. The molecule has 1 heterocycles. The van der Waals surface area contributed by atoms with E-state index in [-0.39, 0.29) is 11.8 Å². The van der Waals surface area contributed by atoms with Crippen molar-refractivity contribution in [3.05, 3.63) is 59.2 Å². The average Bonchev–Trinajstić information content (AvgIpc) is 2.78. The van der Waals surface area contributed by atoms with Crippen LogP contribution in [0, 0.1) is 6.92 Å². The summed E-state index contributed by atoms with van der Waals surface area (Å²) in [7, 11) is 0. The smallest absolute Gasteiger partial charge is 0.255 e. The van der Waals surface area contributed by atoms with Crippen LogP contribution >= 0.6 is 0 Å². The Morgan fingerprint density at radius 2 is 2.05 bits per heavy atom. The molecular weight excluding hydrogens is 252 g/mol. The van der Waals surface area contributed by atoms with Gasteiger partial charge in [0, 0.05) is 16.9 Å². The van der Waals surface area contributed by atoms with Crippen molar-refractivity contribution in [2.24, 2.45) is 0 Å². The lowest BCUT2D eigenvalue weighted by molar-refractivity contribution is -0.115. The molecule has 2 aromatic rings. The van der Waals surface area contributed by atoms with Gasteiger partial charge in [0.25, 0.3) is 5.91 Å². The highest BCUT2D eigenvalue weighted by molar-refractivity contribution is 6.05. The number of rotatable bonds is 2. The molecule has 2 aromatic carbocycles. The lowest BCUT2D eigenvalue weighted by Crippen LogP contribution is -2.12. The summed E-state index contributed by atoms with van der Waals surface area (Å²) >= 11 is 0. The van der Waals surface area contributed by atoms with Gasteiger partial charge in [-0.2, -0.15) is 0 Å². The molecule has 1 aliphatic heterocycles. The molecule has 3 rings (SSSR count). The van der Waals surface area contributed by atoms with Crippen LogP contribution < -0.4 is 10.6 Å². The van der Waals surface area contributed by atoms with Crippen molar-refractivity contribution in [1.29, 1.82) is 0 Å². The van der Waals surface area contributed by atoms with Crippen molar-refractivity contribution in [3.63, 3.8) is 0 Å². The molecule has 0 aliphatic carbocycles. The molecule has 100 valence electrons. The van der Waals surface area contributed by atoms with E-state index in [0.717, 1.165) is 16.8 Å². The first-order valence-corrected chi connectivity index (χ1v) is 6.42. The van der Waals surface area contributed by atoms with Gasteiger partial charge in [0.1, 0.15) is 0 Å². The van der Waals surface area contributed by atoms with Crippen LogP contribution in [0.5, 0.6) is 0 Å². The van der Waals surface area contributed by atoms with Gasteiger partial charge in [-0.15, -0.1) is 0 Å². The van der Waals surface area contributed by atoms with E-state index in [4.69, 9.17) is 0 Å². The minimum absolute atomic E-state index is 0.0119. The summed E-state index contributed by atoms with van der Waals surface area (Å²) < 4.78 is 0. The number of anilines is 2. The highest BCUT2D eigenvalue weighted by Gasteiger charge is 2.18. The zero-order chi connectivity index (χ0) is 14.1. The van der Waals surface area contributed by atoms with Gasteiger partial charge in [0.05, 0.1) is 6.42 Å². The predicted molar refractivity (Wildman–Crippen MR) is 77.9 cm³/mol. The minimum atomic E-state index is -0.147. The summed E-state index contributed by atoms with van der Waals surface area (Å²) in [5.74, 6) is -0.159. The predicted octanol–water partition coefficient (Wildman–Crippen LogP) is 2.74. The van der Waals surface area contributed by atoms with Gasteiger partial charge in [0.15, 0.2) is 0 Å². The third-order valence-electron chi connectivity index (χ3n) is 3.27. The van der Waals surface area contributed by atoms with Crippen molar-refractivity contribution in [3.8, 4) is 0 Å². The van der Waals surface area contributed by atoms with Crippen molar-refractivity contribution >= 4 is 23.2 Å². The number of carbonyl (C=O) groups is 2. The number of fused-ring (bicyclic) bond motifs is 1. The molecule has 0 unspecified atom stereocenters. The van der Waals surface area contributed by atoms with Gasteiger partial charge in [-0.05, 0) is 42.8 Å². The number of aryl methyl sites for hydroxylation is 1. The van der Waals surface area contributed by atoms with Crippen molar-refractivity contribution in [2.45, 2.75) is 13.3 Å².